The molecule has 3 aromatic rings. The molecule has 0 saturated carbocycles. The molecule has 0 atom stereocenters. The van der Waals surface area contributed by atoms with Gasteiger partial charge in [0.1, 0.15) is 12.0 Å². The number of benzene rings is 1. The third-order valence-corrected chi connectivity index (χ3v) is 3.21. The quantitative estimate of drug-likeness (QED) is 0.799. The first kappa shape index (κ1) is 14.0. The molecular formula is C15H16N6O. The van der Waals surface area contributed by atoms with Gasteiger partial charge in [0.05, 0.1) is 5.69 Å². The van der Waals surface area contributed by atoms with E-state index in [1.165, 1.54) is 0 Å². The van der Waals surface area contributed by atoms with Crippen LogP contribution in [0.4, 0.5) is 5.69 Å². The Morgan fingerprint density at radius 1 is 1.18 bits per heavy atom. The van der Waals surface area contributed by atoms with Gasteiger partial charge in [0.2, 0.25) is 0 Å². The van der Waals surface area contributed by atoms with Crippen molar-refractivity contribution in [2.75, 3.05) is 5.32 Å². The number of amides is 1. The number of anilines is 1. The number of nitrogens with zero attached hydrogens (tertiary/aromatic N) is 5. The van der Waals surface area contributed by atoms with Crippen molar-refractivity contribution in [2.24, 2.45) is 14.1 Å². The zero-order chi connectivity index (χ0) is 15.7. The van der Waals surface area contributed by atoms with Gasteiger partial charge in [-0.2, -0.15) is 10.2 Å². The first-order valence-corrected chi connectivity index (χ1v) is 6.81. The predicted molar refractivity (Wildman–Crippen MR) is 82.3 cm³/mol. The SMILES string of the molecule is Cc1cc(C(=O)Nc2cccc(-c3ncn(C)n3)c2)n(C)n1. The van der Waals surface area contributed by atoms with Gasteiger partial charge < -0.3 is 5.32 Å². The summed E-state index contributed by atoms with van der Waals surface area (Å²) in [5.41, 5.74) is 2.85. The number of carbonyl (C=O) groups is 1. The maximum absolute atomic E-state index is 12.3. The van der Waals surface area contributed by atoms with Gasteiger partial charge in [0.25, 0.3) is 5.91 Å². The molecule has 1 N–H and O–H groups in total. The molecule has 2 aromatic heterocycles. The van der Waals surface area contributed by atoms with E-state index in [0.29, 0.717) is 17.2 Å². The van der Waals surface area contributed by atoms with E-state index in [0.717, 1.165) is 11.3 Å². The molecule has 112 valence electrons. The lowest BCUT2D eigenvalue weighted by Crippen LogP contribution is -2.16. The van der Waals surface area contributed by atoms with Gasteiger partial charge in [0.15, 0.2) is 5.82 Å². The summed E-state index contributed by atoms with van der Waals surface area (Å²) in [7, 11) is 3.56. The highest BCUT2D eigenvalue weighted by Gasteiger charge is 2.12. The fourth-order valence-corrected chi connectivity index (χ4v) is 2.23. The largest absolute Gasteiger partial charge is 0.321 e. The maximum atomic E-state index is 12.3. The Kier molecular flexibility index (Phi) is 3.46. The standard InChI is InChI=1S/C15H16N6O/c1-10-7-13(21(3)18-10)15(22)17-12-6-4-5-11(8-12)14-16-9-20(2)19-14/h4-9H,1-3H3,(H,17,22). The topological polar surface area (TPSA) is 77.6 Å². The minimum absolute atomic E-state index is 0.200. The summed E-state index contributed by atoms with van der Waals surface area (Å²) in [6.07, 6.45) is 1.64. The van der Waals surface area contributed by atoms with Gasteiger partial charge in [-0.1, -0.05) is 12.1 Å². The first-order chi connectivity index (χ1) is 10.5. The molecular weight excluding hydrogens is 280 g/mol. The van der Waals surface area contributed by atoms with Crippen LogP contribution in [0.2, 0.25) is 0 Å². The Hall–Kier alpha value is -2.96. The molecule has 0 unspecified atom stereocenters. The van der Waals surface area contributed by atoms with Crippen LogP contribution in [-0.4, -0.2) is 30.5 Å². The molecule has 22 heavy (non-hydrogen) atoms. The Bertz CT molecular complexity index is 832. The van der Waals surface area contributed by atoms with E-state index >= 15 is 0 Å². The van der Waals surface area contributed by atoms with Crippen molar-refractivity contribution in [1.29, 1.82) is 0 Å². The van der Waals surface area contributed by atoms with Crippen molar-refractivity contribution in [2.45, 2.75) is 6.92 Å². The number of hydrogen-bond donors (Lipinski definition) is 1. The van der Waals surface area contributed by atoms with Crippen LogP contribution in [0, 0.1) is 6.92 Å². The molecule has 2 heterocycles. The molecule has 0 saturated heterocycles. The van der Waals surface area contributed by atoms with Crippen LogP contribution in [0.25, 0.3) is 11.4 Å². The number of aryl methyl sites for hydroxylation is 3. The van der Waals surface area contributed by atoms with Crippen molar-refractivity contribution in [3.63, 3.8) is 0 Å². The van der Waals surface area contributed by atoms with Gasteiger partial charge in [-0.3, -0.25) is 14.2 Å². The molecule has 0 aliphatic rings. The van der Waals surface area contributed by atoms with Crippen molar-refractivity contribution in [3.05, 3.63) is 48.0 Å². The second kappa shape index (κ2) is 5.44. The van der Waals surface area contributed by atoms with Crippen LogP contribution >= 0.6 is 0 Å². The first-order valence-electron chi connectivity index (χ1n) is 6.81. The summed E-state index contributed by atoms with van der Waals surface area (Å²) < 4.78 is 3.20. The average Bonchev–Trinajstić information content (AvgIpc) is 3.05. The van der Waals surface area contributed by atoms with Gasteiger partial charge >= 0.3 is 0 Å². The fraction of sp³-hybridized carbons (Fsp3) is 0.200. The Morgan fingerprint density at radius 3 is 2.64 bits per heavy atom. The lowest BCUT2D eigenvalue weighted by molar-refractivity contribution is 0.101. The maximum Gasteiger partial charge on any atom is 0.273 e. The third kappa shape index (κ3) is 2.73. The van der Waals surface area contributed by atoms with Gasteiger partial charge in [-0.05, 0) is 25.1 Å². The third-order valence-electron chi connectivity index (χ3n) is 3.21. The molecule has 1 aromatic carbocycles. The normalized spacial score (nSPS) is 10.7. The summed E-state index contributed by atoms with van der Waals surface area (Å²) in [4.78, 5) is 16.5. The average molecular weight is 296 g/mol. The molecule has 0 bridgehead atoms. The second-order valence-corrected chi connectivity index (χ2v) is 5.07. The van der Waals surface area contributed by atoms with Crippen LogP contribution < -0.4 is 5.32 Å². The van der Waals surface area contributed by atoms with Crippen LogP contribution in [0.5, 0.6) is 0 Å². The van der Waals surface area contributed by atoms with Crippen LogP contribution in [0.1, 0.15) is 16.2 Å². The number of carbonyl (C=O) groups excluding carboxylic acids is 1. The highest BCUT2D eigenvalue weighted by Crippen LogP contribution is 2.19. The van der Waals surface area contributed by atoms with E-state index in [1.54, 1.807) is 28.8 Å². The monoisotopic (exact) mass is 296 g/mol. The molecule has 0 fully saturated rings. The summed E-state index contributed by atoms with van der Waals surface area (Å²) in [5, 5.41) is 11.3. The highest BCUT2D eigenvalue weighted by atomic mass is 16.2. The number of aromatic nitrogens is 5. The molecule has 7 nitrogen and oxygen atoms in total. The molecule has 0 aliphatic carbocycles. The van der Waals surface area contributed by atoms with E-state index in [9.17, 15) is 4.79 Å². The smallest absolute Gasteiger partial charge is 0.273 e. The van der Waals surface area contributed by atoms with Crippen LogP contribution in [0.15, 0.2) is 36.7 Å². The van der Waals surface area contributed by atoms with Crippen molar-refractivity contribution in [1.82, 2.24) is 24.5 Å². The van der Waals surface area contributed by atoms with Crippen molar-refractivity contribution < 1.29 is 4.79 Å². The number of rotatable bonds is 3. The van der Waals surface area contributed by atoms with Gasteiger partial charge in [-0.15, -0.1) is 0 Å². The van der Waals surface area contributed by atoms with Crippen LogP contribution in [-0.2, 0) is 14.1 Å². The summed E-state index contributed by atoms with van der Waals surface area (Å²) in [5.74, 6) is 0.421. The van der Waals surface area contributed by atoms with Gasteiger partial charge in [0, 0.05) is 25.3 Å². The van der Waals surface area contributed by atoms with Crippen molar-refractivity contribution in [3.8, 4) is 11.4 Å². The number of hydrogen-bond acceptors (Lipinski definition) is 4. The minimum Gasteiger partial charge on any atom is -0.321 e. The van der Waals surface area contributed by atoms with E-state index in [-0.39, 0.29) is 5.91 Å². The summed E-state index contributed by atoms with van der Waals surface area (Å²) in [6.45, 7) is 1.85. The minimum atomic E-state index is -0.200. The molecule has 1 amide bonds. The molecule has 3 rings (SSSR count). The van der Waals surface area contributed by atoms with Gasteiger partial charge in [-0.25, -0.2) is 4.98 Å². The second-order valence-electron chi connectivity index (χ2n) is 5.07. The Labute approximate surface area is 127 Å². The molecule has 0 radical (unpaired) electrons. The van der Waals surface area contributed by atoms with Crippen molar-refractivity contribution >= 4 is 11.6 Å². The summed E-state index contributed by atoms with van der Waals surface area (Å²) >= 11 is 0. The molecule has 0 aliphatic heterocycles. The lowest BCUT2D eigenvalue weighted by atomic mass is 10.2. The molecule has 7 heteroatoms. The predicted octanol–water partition coefficient (Wildman–Crippen LogP) is 1.78. The van der Waals surface area contributed by atoms with E-state index in [1.807, 2.05) is 38.2 Å². The zero-order valence-electron chi connectivity index (χ0n) is 12.6. The van der Waals surface area contributed by atoms with E-state index in [2.05, 4.69) is 20.5 Å². The lowest BCUT2D eigenvalue weighted by Gasteiger charge is -2.06. The van der Waals surface area contributed by atoms with E-state index in [4.69, 9.17) is 0 Å². The highest BCUT2D eigenvalue weighted by molar-refractivity contribution is 6.03. The number of nitrogens with one attached hydrogen (secondary N) is 1. The molecule has 0 spiro atoms. The zero-order valence-corrected chi connectivity index (χ0v) is 12.6. The van der Waals surface area contributed by atoms with Crippen LogP contribution in [0.3, 0.4) is 0 Å². The van der Waals surface area contributed by atoms with E-state index < -0.39 is 0 Å². The Balaban J connectivity index is 1.84. The summed E-state index contributed by atoms with van der Waals surface area (Å²) in [6, 6.07) is 9.18. The fourth-order valence-electron chi connectivity index (χ4n) is 2.23. The Morgan fingerprint density at radius 2 is 2.00 bits per heavy atom.